The molecule has 1 atom stereocenters. The van der Waals surface area contributed by atoms with Crippen LogP contribution in [0.2, 0.25) is 0 Å². The van der Waals surface area contributed by atoms with Crippen LogP contribution in [0, 0.1) is 11.3 Å². The SMILES string of the molecule is CC.CCOC(=O)C1CCC2(CCC2)CC1.CNc1nnc(-c2ccccc2O)cc1N1CCN(c2ncc(N3CCNC(CO)C3)cn2)CC1. The maximum atomic E-state index is 11.5. The Morgan fingerprint density at radius 3 is 2.27 bits per heavy atom. The van der Waals surface area contributed by atoms with Crippen LogP contribution in [0.15, 0.2) is 42.7 Å². The molecule has 4 fully saturated rings. The summed E-state index contributed by atoms with van der Waals surface area (Å²) in [7, 11) is 1.83. The number of carbonyl (C=O) groups is 1. The third-order valence-corrected chi connectivity index (χ3v) is 10.6. The molecule has 1 unspecified atom stereocenters. The van der Waals surface area contributed by atoms with Crippen molar-refractivity contribution in [2.75, 3.05) is 86.1 Å². The van der Waals surface area contributed by atoms with Crippen molar-refractivity contribution in [3.63, 3.8) is 0 Å². The lowest BCUT2D eigenvalue weighted by atomic mass is 9.59. The van der Waals surface area contributed by atoms with Gasteiger partial charge < -0.3 is 40.3 Å². The Hall–Kier alpha value is -4.23. The molecule has 2 aromatic heterocycles. The predicted molar refractivity (Wildman–Crippen MR) is 202 cm³/mol. The average molecular weight is 704 g/mol. The van der Waals surface area contributed by atoms with Crippen molar-refractivity contribution >= 4 is 29.1 Å². The highest BCUT2D eigenvalue weighted by Crippen LogP contribution is 2.52. The van der Waals surface area contributed by atoms with E-state index < -0.39 is 0 Å². The molecule has 2 saturated carbocycles. The molecule has 4 heterocycles. The first-order chi connectivity index (χ1) is 24.9. The Morgan fingerprint density at radius 2 is 1.67 bits per heavy atom. The van der Waals surface area contributed by atoms with E-state index in [0.29, 0.717) is 29.1 Å². The van der Waals surface area contributed by atoms with Crippen LogP contribution in [0.25, 0.3) is 11.3 Å². The number of aliphatic hydroxyl groups excluding tert-OH is 1. The number of nitrogens with zero attached hydrogens (tertiary/aromatic N) is 7. The fourth-order valence-corrected chi connectivity index (χ4v) is 7.50. The van der Waals surface area contributed by atoms with Crippen molar-refractivity contribution < 1.29 is 19.7 Å². The highest BCUT2D eigenvalue weighted by atomic mass is 16.5. The molecule has 51 heavy (non-hydrogen) atoms. The normalized spacial score (nSPS) is 19.9. The van der Waals surface area contributed by atoms with E-state index >= 15 is 0 Å². The van der Waals surface area contributed by atoms with Gasteiger partial charge >= 0.3 is 5.97 Å². The lowest BCUT2D eigenvalue weighted by molar-refractivity contribution is -0.150. The monoisotopic (exact) mass is 703 g/mol. The Balaban J connectivity index is 0.000000262. The zero-order valence-electron chi connectivity index (χ0n) is 30.9. The lowest BCUT2D eigenvalue weighted by Gasteiger charge is -2.46. The molecule has 0 radical (unpaired) electrons. The van der Waals surface area contributed by atoms with Crippen LogP contribution in [0.4, 0.5) is 23.1 Å². The van der Waals surface area contributed by atoms with Crippen molar-refractivity contribution in [1.29, 1.82) is 0 Å². The van der Waals surface area contributed by atoms with E-state index in [2.05, 4.69) is 45.5 Å². The van der Waals surface area contributed by atoms with E-state index in [1.165, 1.54) is 32.1 Å². The molecular formula is C38H57N9O4. The largest absolute Gasteiger partial charge is 0.507 e. The molecule has 0 bridgehead atoms. The first-order valence-corrected chi connectivity index (χ1v) is 18.8. The minimum Gasteiger partial charge on any atom is -0.507 e. The number of ether oxygens (including phenoxy) is 1. The molecule has 13 heteroatoms. The van der Waals surface area contributed by atoms with Gasteiger partial charge in [-0.25, -0.2) is 9.97 Å². The maximum Gasteiger partial charge on any atom is 0.308 e. The number of rotatable bonds is 8. The molecule has 2 aliphatic carbocycles. The first-order valence-electron chi connectivity index (χ1n) is 18.8. The molecule has 0 amide bonds. The van der Waals surface area contributed by atoms with Gasteiger partial charge in [0.2, 0.25) is 5.95 Å². The summed E-state index contributed by atoms with van der Waals surface area (Å²) in [6.07, 6.45) is 12.6. The fourth-order valence-electron chi connectivity index (χ4n) is 7.50. The molecule has 3 aromatic rings. The van der Waals surface area contributed by atoms with Crippen LogP contribution in [0.1, 0.15) is 65.7 Å². The van der Waals surface area contributed by atoms with Crippen molar-refractivity contribution in [3.05, 3.63) is 42.7 Å². The third kappa shape index (κ3) is 9.36. The Morgan fingerprint density at radius 1 is 0.980 bits per heavy atom. The van der Waals surface area contributed by atoms with Crippen LogP contribution >= 0.6 is 0 Å². The molecule has 2 aliphatic heterocycles. The number of esters is 1. The van der Waals surface area contributed by atoms with Gasteiger partial charge in [0.25, 0.3) is 0 Å². The van der Waals surface area contributed by atoms with Gasteiger partial charge in [0.15, 0.2) is 5.82 Å². The summed E-state index contributed by atoms with van der Waals surface area (Å²) in [5, 5.41) is 34.8. The summed E-state index contributed by atoms with van der Waals surface area (Å²) in [5.74, 6) is 1.86. The number of benzene rings is 1. The molecule has 1 spiro atoms. The van der Waals surface area contributed by atoms with E-state index in [-0.39, 0.29) is 30.3 Å². The molecule has 1 aromatic carbocycles. The van der Waals surface area contributed by atoms with E-state index in [4.69, 9.17) is 4.74 Å². The van der Waals surface area contributed by atoms with Gasteiger partial charge in [-0.05, 0) is 69.1 Å². The quantitative estimate of drug-likeness (QED) is 0.240. The van der Waals surface area contributed by atoms with Gasteiger partial charge in [0, 0.05) is 64.5 Å². The minimum absolute atomic E-state index is 0.0432. The van der Waals surface area contributed by atoms with Crippen LogP contribution in [0.3, 0.4) is 0 Å². The van der Waals surface area contributed by atoms with E-state index in [1.54, 1.807) is 12.1 Å². The number of aliphatic hydroxyl groups is 1. The van der Waals surface area contributed by atoms with Crippen molar-refractivity contribution in [2.45, 2.75) is 71.8 Å². The number of nitrogens with one attached hydrogen (secondary N) is 2. The molecule has 13 nitrogen and oxygen atoms in total. The number of phenolic OH excluding ortho intramolecular Hbond substituents is 1. The number of hydrogen-bond acceptors (Lipinski definition) is 13. The van der Waals surface area contributed by atoms with Crippen LogP contribution in [-0.2, 0) is 9.53 Å². The fraction of sp³-hybridized carbons (Fsp3) is 0.605. The highest BCUT2D eigenvalue weighted by molar-refractivity contribution is 5.75. The van der Waals surface area contributed by atoms with Crippen LogP contribution in [0.5, 0.6) is 5.75 Å². The Kier molecular flexibility index (Phi) is 13.7. The molecule has 4 N–H and O–H groups in total. The van der Waals surface area contributed by atoms with Crippen LogP contribution in [-0.4, -0.2) is 108 Å². The predicted octanol–water partition coefficient (Wildman–Crippen LogP) is 4.71. The van der Waals surface area contributed by atoms with E-state index in [0.717, 1.165) is 76.0 Å². The van der Waals surface area contributed by atoms with Gasteiger partial charge in [-0.3, -0.25) is 4.79 Å². The summed E-state index contributed by atoms with van der Waals surface area (Å²) < 4.78 is 5.06. The third-order valence-electron chi connectivity index (χ3n) is 10.6. The number of anilines is 4. The van der Waals surface area contributed by atoms with Gasteiger partial charge in [-0.1, -0.05) is 32.4 Å². The lowest BCUT2D eigenvalue weighted by Crippen LogP contribution is -2.52. The van der Waals surface area contributed by atoms with Crippen LogP contribution < -0.4 is 25.3 Å². The second kappa shape index (κ2) is 18.3. The molecule has 7 rings (SSSR count). The van der Waals surface area contributed by atoms with Crippen molar-refractivity contribution in [2.24, 2.45) is 11.3 Å². The average Bonchev–Trinajstić information content (AvgIpc) is 3.18. The van der Waals surface area contributed by atoms with Gasteiger partial charge in [-0.2, -0.15) is 0 Å². The summed E-state index contributed by atoms with van der Waals surface area (Å²) in [6, 6.07) is 9.21. The zero-order chi connectivity index (χ0) is 36.2. The molecule has 4 aliphatic rings. The second-order valence-corrected chi connectivity index (χ2v) is 13.6. The topological polar surface area (TPSA) is 152 Å². The van der Waals surface area contributed by atoms with Crippen molar-refractivity contribution in [3.8, 4) is 17.0 Å². The van der Waals surface area contributed by atoms with Gasteiger partial charge in [0.05, 0.1) is 48.6 Å². The first kappa shape index (κ1) is 38.0. The number of phenols is 1. The Bertz CT molecular complexity index is 1520. The number of hydrogen-bond donors (Lipinski definition) is 4. The molecular weight excluding hydrogens is 646 g/mol. The standard InChI is InChI=1S/C24H31N9O2.C12H20O2.C2H6/c1-25-23-21(12-20(29-30-23)19-4-2-3-5-22(19)35)31-8-10-32(11-9-31)24-27-13-18(14-28-24)33-7-6-26-17(15-33)16-34;1-2-14-11(13)10-4-8-12(9-5-10)6-3-7-12;1-2/h2-5,12-14,17,26,34-35H,6-11,15-16H2,1H3,(H,25,30);10H,2-9H2,1H3;1-2H3. The van der Waals surface area contributed by atoms with Gasteiger partial charge in [0.1, 0.15) is 5.75 Å². The summed E-state index contributed by atoms with van der Waals surface area (Å²) in [5.41, 5.74) is 3.88. The summed E-state index contributed by atoms with van der Waals surface area (Å²) in [6.45, 7) is 12.1. The minimum atomic E-state index is 0.0432. The smallest absolute Gasteiger partial charge is 0.308 e. The summed E-state index contributed by atoms with van der Waals surface area (Å²) >= 11 is 0. The molecule has 278 valence electrons. The molecule has 2 saturated heterocycles. The van der Waals surface area contributed by atoms with Gasteiger partial charge in [-0.15, -0.1) is 10.2 Å². The number of aromatic hydroxyl groups is 1. The van der Waals surface area contributed by atoms with E-state index in [1.807, 2.05) is 58.4 Å². The Labute approximate surface area is 302 Å². The highest BCUT2D eigenvalue weighted by Gasteiger charge is 2.41. The number of piperazine rings is 2. The maximum absolute atomic E-state index is 11.5. The van der Waals surface area contributed by atoms with Crippen molar-refractivity contribution in [1.82, 2.24) is 25.5 Å². The van der Waals surface area contributed by atoms with E-state index in [9.17, 15) is 15.0 Å². The summed E-state index contributed by atoms with van der Waals surface area (Å²) in [4.78, 5) is 27.4. The second-order valence-electron chi connectivity index (χ2n) is 13.6. The number of carbonyl (C=O) groups excluding carboxylic acids is 1. The zero-order valence-corrected chi connectivity index (χ0v) is 30.9. The number of aromatic nitrogens is 4. The number of para-hydroxylation sites is 1.